The Morgan fingerprint density at radius 1 is 1.00 bits per heavy atom. The summed E-state index contributed by atoms with van der Waals surface area (Å²) >= 11 is 1.45. The molecule has 28 heavy (non-hydrogen) atoms. The summed E-state index contributed by atoms with van der Waals surface area (Å²) in [5.74, 6) is -1.41. The standard InChI is InChI=1S/C21H19N3O3S/c1-4-23-17-12(2)9-10-13(3)18(17)28-21(23)22-16(25)11-24-19(26)14-7-5-6-8-15(14)20(24)27/h5-10H,4,11H2,1-3H3. The minimum absolute atomic E-state index is 0.331. The van der Waals surface area contributed by atoms with Gasteiger partial charge in [-0.2, -0.15) is 4.99 Å². The van der Waals surface area contributed by atoms with Gasteiger partial charge in [-0.05, 0) is 44.0 Å². The van der Waals surface area contributed by atoms with Gasteiger partial charge in [-0.1, -0.05) is 35.6 Å². The van der Waals surface area contributed by atoms with Crippen molar-refractivity contribution < 1.29 is 14.4 Å². The molecule has 0 radical (unpaired) electrons. The number of thiazole rings is 1. The SMILES string of the molecule is CCn1c(=NC(=O)CN2C(=O)c3ccccc3C2=O)sc2c(C)ccc(C)c21. The number of carbonyl (C=O) groups excluding carboxylic acids is 3. The maximum absolute atomic E-state index is 12.6. The van der Waals surface area contributed by atoms with Crippen LogP contribution in [-0.2, 0) is 11.3 Å². The van der Waals surface area contributed by atoms with Crippen molar-refractivity contribution in [1.82, 2.24) is 9.47 Å². The molecule has 0 unspecified atom stereocenters. The Kier molecular flexibility index (Phi) is 4.47. The van der Waals surface area contributed by atoms with Crippen LogP contribution in [0.1, 0.15) is 38.8 Å². The fourth-order valence-electron chi connectivity index (χ4n) is 3.51. The van der Waals surface area contributed by atoms with Crippen LogP contribution < -0.4 is 4.80 Å². The van der Waals surface area contributed by atoms with Crippen LogP contribution in [0, 0.1) is 13.8 Å². The lowest BCUT2D eigenvalue weighted by Gasteiger charge is -2.10. The molecule has 0 atom stereocenters. The van der Waals surface area contributed by atoms with Crippen molar-refractivity contribution in [2.24, 2.45) is 4.99 Å². The molecular weight excluding hydrogens is 374 g/mol. The van der Waals surface area contributed by atoms with Gasteiger partial charge in [-0.15, -0.1) is 0 Å². The highest BCUT2D eigenvalue weighted by Crippen LogP contribution is 2.25. The predicted molar refractivity (Wildman–Crippen MR) is 107 cm³/mol. The lowest BCUT2D eigenvalue weighted by molar-refractivity contribution is -0.118. The summed E-state index contributed by atoms with van der Waals surface area (Å²) in [7, 11) is 0. The maximum atomic E-state index is 12.6. The quantitative estimate of drug-likeness (QED) is 0.642. The third-order valence-electron chi connectivity index (χ3n) is 4.93. The smallest absolute Gasteiger partial charge is 0.268 e. The van der Waals surface area contributed by atoms with Gasteiger partial charge in [0, 0.05) is 6.54 Å². The highest BCUT2D eigenvalue weighted by Gasteiger charge is 2.36. The van der Waals surface area contributed by atoms with Crippen LogP contribution in [-0.4, -0.2) is 33.7 Å². The Hall–Kier alpha value is -3.06. The van der Waals surface area contributed by atoms with Crippen molar-refractivity contribution in [3.63, 3.8) is 0 Å². The zero-order valence-electron chi connectivity index (χ0n) is 15.9. The highest BCUT2D eigenvalue weighted by molar-refractivity contribution is 7.16. The molecule has 0 spiro atoms. The van der Waals surface area contributed by atoms with Gasteiger partial charge in [0.25, 0.3) is 17.7 Å². The van der Waals surface area contributed by atoms with Crippen molar-refractivity contribution in [1.29, 1.82) is 0 Å². The van der Waals surface area contributed by atoms with E-state index in [9.17, 15) is 14.4 Å². The molecule has 4 rings (SSSR count). The maximum Gasteiger partial charge on any atom is 0.268 e. The van der Waals surface area contributed by atoms with E-state index >= 15 is 0 Å². The molecule has 142 valence electrons. The van der Waals surface area contributed by atoms with Gasteiger partial charge < -0.3 is 4.57 Å². The van der Waals surface area contributed by atoms with Crippen molar-refractivity contribution in [3.05, 3.63) is 63.5 Å². The number of aryl methyl sites for hydroxylation is 3. The van der Waals surface area contributed by atoms with Crippen LogP contribution in [0.25, 0.3) is 10.2 Å². The van der Waals surface area contributed by atoms with Crippen molar-refractivity contribution in [2.75, 3.05) is 6.54 Å². The lowest BCUT2D eigenvalue weighted by atomic mass is 10.1. The van der Waals surface area contributed by atoms with Gasteiger partial charge in [0.15, 0.2) is 4.80 Å². The first kappa shape index (κ1) is 18.3. The minimum atomic E-state index is -0.515. The molecule has 0 saturated carbocycles. The zero-order chi connectivity index (χ0) is 20.0. The van der Waals surface area contributed by atoms with E-state index in [1.165, 1.54) is 11.3 Å². The second-order valence-corrected chi connectivity index (χ2v) is 7.73. The van der Waals surface area contributed by atoms with Gasteiger partial charge in [0.2, 0.25) is 0 Å². The molecule has 0 aliphatic carbocycles. The molecule has 3 aromatic rings. The van der Waals surface area contributed by atoms with Gasteiger partial charge in [0.1, 0.15) is 6.54 Å². The molecule has 0 bridgehead atoms. The van der Waals surface area contributed by atoms with Crippen molar-refractivity contribution >= 4 is 39.3 Å². The van der Waals surface area contributed by atoms with E-state index in [1.807, 2.05) is 25.3 Å². The number of imide groups is 1. The van der Waals surface area contributed by atoms with Crippen LogP contribution in [0.15, 0.2) is 41.4 Å². The summed E-state index contributed by atoms with van der Waals surface area (Å²) in [6.45, 7) is 6.38. The summed E-state index contributed by atoms with van der Waals surface area (Å²) in [6.07, 6.45) is 0. The van der Waals surface area contributed by atoms with E-state index < -0.39 is 17.7 Å². The number of aromatic nitrogens is 1. The molecule has 1 aromatic heterocycles. The second-order valence-electron chi connectivity index (χ2n) is 6.75. The summed E-state index contributed by atoms with van der Waals surface area (Å²) in [5.41, 5.74) is 3.98. The van der Waals surface area contributed by atoms with Crippen LogP contribution in [0.5, 0.6) is 0 Å². The Morgan fingerprint density at radius 3 is 2.21 bits per heavy atom. The Labute approximate surface area is 165 Å². The van der Waals surface area contributed by atoms with Gasteiger partial charge in [-0.25, -0.2) is 0 Å². The van der Waals surface area contributed by atoms with Crippen molar-refractivity contribution in [3.8, 4) is 0 Å². The summed E-state index contributed by atoms with van der Waals surface area (Å²) in [5, 5.41) is 0. The molecule has 0 N–H and O–H groups in total. The highest BCUT2D eigenvalue weighted by atomic mass is 32.1. The fourth-order valence-corrected chi connectivity index (χ4v) is 4.77. The molecule has 0 fully saturated rings. The average Bonchev–Trinajstić information content (AvgIpc) is 3.17. The molecular formula is C21H19N3O3S. The normalized spacial score (nSPS) is 14.2. The molecule has 2 heterocycles. The minimum Gasteiger partial charge on any atom is -0.316 e. The van der Waals surface area contributed by atoms with Gasteiger partial charge in [0.05, 0.1) is 21.3 Å². The molecule has 3 amide bonds. The van der Waals surface area contributed by atoms with E-state index in [-0.39, 0.29) is 6.54 Å². The van der Waals surface area contributed by atoms with Crippen LogP contribution in [0.2, 0.25) is 0 Å². The fraction of sp³-hybridized carbons (Fsp3) is 0.238. The summed E-state index contributed by atoms with van der Waals surface area (Å²) in [4.78, 5) is 43.3. The molecule has 6 nitrogen and oxygen atoms in total. The molecule has 2 aromatic carbocycles. The third kappa shape index (κ3) is 2.79. The van der Waals surface area contributed by atoms with E-state index in [2.05, 4.69) is 17.1 Å². The number of benzene rings is 2. The number of rotatable bonds is 3. The average molecular weight is 393 g/mol. The van der Waals surface area contributed by atoms with Gasteiger partial charge >= 0.3 is 0 Å². The number of nitrogens with zero attached hydrogens (tertiary/aromatic N) is 3. The van der Waals surface area contributed by atoms with Crippen LogP contribution >= 0.6 is 11.3 Å². The Morgan fingerprint density at radius 2 is 1.61 bits per heavy atom. The van der Waals surface area contributed by atoms with Crippen LogP contribution in [0.3, 0.4) is 0 Å². The number of hydrogen-bond donors (Lipinski definition) is 0. The van der Waals surface area contributed by atoms with Gasteiger partial charge in [-0.3, -0.25) is 19.3 Å². The van der Waals surface area contributed by atoms with E-state index in [1.54, 1.807) is 24.3 Å². The first-order chi connectivity index (χ1) is 13.4. The van der Waals surface area contributed by atoms with E-state index in [0.717, 1.165) is 26.2 Å². The van der Waals surface area contributed by atoms with Crippen LogP contribution in [0.4, 0.5) is 0 Å². The molecule has 7 heteroatoms. The number of hydrogen-bond acceptors (Lipinski definition) is 4. The largest absolute Gasteiger partial charge is 0.316 e. The zero-order valence-corrected chi connectivity index (χ0v) is 16.7. The summed E-state index contributed by atoms with van der Waals surface area (Å²) < 4.78 is 3.09. The Balaban J connectivity index is 1.70. The number of amides is 3. The first-order valence-corrected chi connectivity index (χ1v) is 9.86. The second kappa shape index (κ2) is 6.83. The Bertz CT molecular complexity index is 1180. The number of carbonyl (C=O) groups is 3. The number of fused-ring (bicyclic) bond motifs is 2. The molecule has 0 saturated heterocycles. The molecule has 1 aliphatic rings. The first-order valence-electron chi connectivity index (χ1n) is 9.04. The third-order valence-corrected chi connectivity index (χ3v) is 6.15. The molecule has 1 aliphatic heterocycles. The monoisotopic (exact) mass is 393 g/mol. The van der Waals surface area contributed by atoms with E-state index in [4.69, 9.17) is 0 Å². The van der Waals surface area contributed by atoms with Crippen molar-refractivity contribution in [2.45, 2.75) is 27.3 Å². The summed E-state index contributed by atoms with van der Waals surface area (Å²) in [6, 6.07) is 10.7. The topological polar surface area (TPSA) is 71.7 Å². The van der Waals surface area contributed by atoms with E-state index in [0.29, 0.717) is 22.5 Å². The lowest BCUT2D eigenvalue weighted by Crippen LogP contribution is -2.35. The predicted octanol–water partition coefficient (Wildman–Crippen LogP) is 3.06.